The van der Waals surface area contributed by atoms with Crippen LogP contribution in [-0.4, -0.2) is 4.75 Å². The molecular weight excluding hydrogens is 271 g/mol. The molecule has 0 fully saturated rings. The van der Waals surface area contributed by atoms with Gasteiger partial charge in [-0.2, -0.15) is 0 Å². The number of benzene rings is 1. The van der Waals surface area contributed by atoms with Crippen LogP contribution in [0.25, 0.3) is 0 Å². The Hall–Kier alpha value is 0.440. The molecule has 4 heteroatoms. The number of hydrogen-bond acceptors (Lipinski definition) is 1. The highest BCUT2D eigenvalue weighted by atomic mass is 35.5. The molecule has 0 saturated carbocycles. The highest BCUT2D eigenvalue weighted by molar-refractivity contribution is 8.00. The minimum absolute atomic E-state index is 0.0816. The van der Waals surface area contributed by atoms with Crippen LogP contribution < -0.4 is 0 Å². The zero-order valence-electron chi connectivity index (χ0n) is 8.90. The second kappa shape index (κ2) is 5.18. The Morgan fingerprint density at radius 1 is 1.20 bits per heavy atom. The van der Waals surface area contributed by atoms with E-state index < -0.39 is 0 Å². The molecule has 0 spiro atoms. The summed E-state index contributed by atoms with van der Waals surface area (Å²) < 4.78 is 0.0816. The first-order chi connectivity index (χ1) is 6.85. The Labute approximate surface area is 110 Å². The van der Waals surface area contributed by atoms with Crippen molar-refractivity contribution in [2.45, 2.75) is 36.3 Å². The lowest BCUT2D eigenvalue weighted by Gasteiger charge is -2.20. The lowest BCUT2D eigenvalue weighted by molar-refractivity contribution is 0.803. The van der Waals surface area contributed by atoms with Crippen LogP contribution in [0.4, 0.5) is 0 Å². The SMILES string of the molecule is CC(C)(C)Sc1c(Cl)ccc(CCl)c1Cl. The van der Waals surface area contributed by atoms with Gasteiger partial charge in [0.25, 0.3) is 0 Å². The summed E-state index contributed by atoms with van der Waals surface area (Å²) in [5.74, 6) is 0.410. The van der Waals surface area contributed by atoms with Crippen molar-refractivity contribution in [1.29, 1.82) is 0 Å². The molecule has 1 aromatic rings. The van der Waals surface area contributed by atoms with E-state index in [1.807, 2.05) is 12.1 Å². The number of thioether (sulfide) groups is 1. The topological polar surface area (TPSA) is 0 Å². The largest absolute Gasteiger partial charge is 0.121 e. The Kier molecular flexibility index (Phi) is 4.66. The van der Waals surface area contributed by atoms with Crippen LogP contribution in [0.1, 0.15) is 26.3 Å². The van der Waals surface area contributed by atoms with Crippen LogP contribution in [0.15, 0.2) is 17.0 Å². The molecule has 0 bridgehead atoms. The molecule has 15 heavy (non-hydrogen) atoms. The standard InChI is InChI=1S/C11H13Cl3S/c1-11(2,3)15-10-8(13)5-4-7(6-12)9(10)14/h4-5H,6H2,1-3H3. The zero-order chi connectivity index (χ0) is 11.6. The number of hydrogen-bond donors (Lipinski definition) is 0. The van der Waals surface area contributed by atoms with Crippen LogP contribution in [0.2, 0.25) is 10.0 Å². The maximum absolute atomic E-state index is 6.23. The fourth-order valence-electron chi connectivity index (χ4n) is 1.08. The Morgan fingerprint density at radius 2 is 1.80 bits per heavy atom. The molecule has 0 saturated heterocycles. The van der Waals surface area contributed by atoms with Crippen molar-refractivity contribution in [1.82, 2.24) is 0 Å². The molecule has 0 N–H and O–H groups in total. The number of alkyl halides is 1. The molecule has 0 aliphatic heterocycles. The van der Waals surface area contributed by atoms with Crippen molar-refractivity contribution in [3.05, 3.63) is 27.7 Å². The van der Waals surface area contributed by atoms with Crippen molar-refractivity contribution < 1.29 is 0 Å². The average Bonchev–Trinajstić information content (AvgIpc) is 2.11. The van der Waals surface area contributed by atoms with Crippen molar-refractivity contribution in [2.24, 2.45) is 0 Å². The average molecular weight is 284 g/mol. The molecule has 0 radical (unpaired) electrons. The van der Waals surface area contributed by atoms with Crippen molar-refractivity contribution in [2.75, 3.05) is 0 Å². The zero-order valence-corrected chi connectivity index (χ0v) is 12.0. The van der Waals surface area contributed by atoms with Gasteiger partial charge >= 0.3 is 0 Å². The van der Waals surface area contributed by atoms with Gasteiger partial charge in [0.1, 0.15) is 0 Å². The van der Waals surface area contributed by atoms with Crippen molar-refractivity contribution in [3.63, 3.8) is 0 Å². The van der Waals surface area contributed by atoms with Gasteiger partial charge in [-0.05, 0) is 11.6 Å². The fraction of sp³-hybridized carbons (Fsp3) is 0.455. The maximum atomic E-state index is 6.23. The van der Waals surface area contributed by atoms with Gasteiger partial charge in [-0.1, -0.05) is 50.0 Å². The Morgan fingerprint density at radius 3 is 2.27 bits per heavy atom. The molecule has 84 valence electrons. The molecule has 1 aromatic carbocycles. The van der Waals surface area contributed by atoms with Gasteiger partial charge in [0, 0.05) is 15.5 Å². The van der Waals surface area contributed by atoms with E-state index in [0.717, 1.165) is 10.5 Å². The monoisotopic (exact) mass is 282 g/mol. The summed E-state index contributed by atoms with van der Waals surface area (Å²) >= 11 is 19.8. The van der Waals surface area contributed by atoms with E-state index in [9.17, 15) is 0 Å². The third kappa shape index (κ3) is 3.74. The molecule has 1 rings (SSSR count). The predicted octanol–water partition coefficient (Wildman–Crippen LogP) is 5.62. The maximum Gasteiger partial charge on any atom is 0.0601 e. The highest BCUT2D eigenvalue weighted by Crippen LogP contribution is 2.42. The van der Waals surface area contributed by atoms with Crippen LogP contribution in [0.3, 0.4) is 0 Å². The number of halogens is 3. The molecule has 0 heterocycles. The second-order valence-corrected chi connectivity index (χ2v) is 7.09. The first-order valence-corrected chi connectivity index (χ1v) is 6.67. The fourth-order valence-corrected chi connectivity index (χ4v) is 3.03. The molecular formula is C11H13Cl3S. The summed E-state index contributed by atoms with van der Waals surface area (Å²) in [5, 5.41) is 1.37. The van der Waals surface area contributed by atoms with E-state index >= 15 is 0 Å². The molecule has 0 nitrogen and oxygen atoms in total. The van der Waals surface area contributed by atoms with E-state index in [1.165, 1.54) is 0 Å². The van der Waals surface area contributed by atoms with E-state index in [1.54, 1.807) is 11.8 Å². The van der Waals surface area contributed by atoms with Crippen LogP contribution in [0.5, 0.6) is 0 Å². The number of rotatable bonds is 2. The lowest BCUT2D eigenvalue weighted by atomic mass is 10.2. The third-order valence-electron chi connectivity index (χ3n) is 1.68. The second-order valence-electron chi connectivity index (χ2n) is 4.20. The third-order valence-corrected chi connectivity index (χ3v) is 4.18. The van der Waals surface area contributed by atoms with E-state index in [2.05, 4.69) is 20.8 Å². The van der Waals surface area contributed by atoms with Gasteiger partial charge < -0.3 is 0 Å². The first kappa shape index (κ1) is 13.5. The summed E-state index contributed by atoms with van der Waals surface area (Å²) in [4.78, 5) is 0.920. The summed E-state index contributed by atoms with van der Waals surface area (Å²) in [7, 11) is 0. The van der Waals surface area contributed by atoms with Crippen molar-refractivity contribution >= 4 is 46.6 Å². The molecule has 0 aromatic heterocycles. The quantitative estimate of drug-likeness (QED) is 0.501. The van der Waals surface area contributed by atoms with Crippen molar-refractivity contribution in [3.8, 4) is 0 Å². The van der Waals surface area contributed by atoms with Gasteiger partial charge in [0.15, 0.2) is 0 Å². The minimum Gasteiger partial charge on any atom is -0.121 e. The van der Waals surface area contributed by atoms with E-state index in [4.69, 9.17) is 34.8 Å². The lowest BCUT2D eigenvalue weighted by Crippen LogP contribution is -2.07. The van der Waals surface area contributed by atoms with E-state index in [0.29, 0.717) is 15.9 Å². The minimum atomic E-state index is 0.0816. The first-order valence-electron chi connectivity index (χ1n) is 4.57. The van der Waals surface area contributed by atoms with Gasteiger partial charge in [-0.25, -0.2) is 0 Å². The molecule has 0 amide bonds. The molecule has 0 aliphatic rings. The Bertz CT molecular complexity index is 356. The molecule has 0 aliphatic carbocycles. The smallest absolute Gasteiger partial charge is 0.0601 e. The van der Waals surface area contributed by atoms with Gasteiger partial charge in [0.2, 0.25) is 0 Å². The summed E-state index contributed by atoms with van der Waals surface area (Å²) in [6.07, 6.45) is 0. The van der Waals surface area contributed by atoms with Gasteiger partial charge in [-0.15, -0.1) is 23.4 Å². The Balaban J connectivity index is 3.15. The van der Waals surface area contributed by atoms with Gasteiger partial charge in [0.05, 0.1) is 10.0 Å². The van der Waals surface area contributed by atoms with E-state index in [-0.39, 0.29) is 4.75 Å². The molecule has 0 atom stereocenters. The summed E-state index contributed by atoms with van der Waals surface area (Å²) in [6, 6.07) is 3.71. The van der Waals surface area contributed by atoms with Crippen LogP contribution in [0, 0.1) is 0 Å². The summed E-state index contributed by atoms with van der Waals surface area (Å²) in [6.45, 7) is 6.37. The summed E-state index contributed by atoms with van der Waals surface area (Å²) in [5.41, 5.74) is 0.925. The predicted molar refractivity (Wildman–Crippen MR) is 71.6 cm³/mol. The van der Waals surface area contributed by atoms with Gasteiger partial charge in [-0.3, -0.25) is 0 Å². The molecule has 0 unspecified atom stereocenters. The normalized spacial score (nSPS) is 11.9. The van der Waals surface area contributed by atoms with Crippen LogP contribution >= 0.6 is 46.6 Å². The van der Waals surface area contributed by atoms with Crippen LogP contribution in [-0.2, 0) is 5.88 Å². The highest BCUT2D eigenvalue weighted by Gasteiger charge is 2.18.